The summed E-state index contributed by atoms with van der Waals surface area (Å²) in [6.45, 7) is 7.05. The summed E-state index contributed by atoms with van der Waals surface area (Å²) in [5, 5.41) is 12.9. The van der Waals surface area contributed by atoms with Gasteiger partial charge in [0.15, 0.2) is 0 Å². The van der Waals surface area contributed by atoms with Crippen LogP contribution in [0.4, 0.5) is 0 Å². The lowest BCUT2D eigenvalue weighted by Crippen LogP contribution is -2.48. The average Bonchev–Trinajstić information content (AvgIpc) is 2.48. The fourth-order valence-corrected chi connectivity index (χ4v) is 3.38. The molecule has 0 bridgehead atoms. The van der Waals surface area contributed by atoms with Gasteiger partial charge in [0.2, 0.25) is 0 Å². The second kappa shape index (κ2) is 8.95. The van der Waals surface area contributed by atoms with Crippen molar-refractivity contribution >= 4 is 0 Å². The largest absolute Gasteiger partial charge is 0.396 e. The van der Waals surface area contributed by atoms with Crippen LogP contribution < -0.4 is 5.32 Å². The molecule has 0 aromatic carbocycles. The number of piperidine rings is 2. The molecular formula is C15H30N2O3. The molecule has 2 fully saturated rings. The number of nitrogens with one attached hydrogen (secondary N) is 1. The van der Waals surface area contributed by atoms with Crippen LogP contribution >= 0.6 is 0 Å². The second-order valence-corrected chi connectivity index (χ2v) is 6.18. The highest BCUT2D eigenvalue weighted by molar-refractivity contribution is 4.82. The van der Waals surface area contributed by atoms with Gasteiger partial charge in [0, 0.05) is 33.4 Å². The lowest BCUT2D eigenvalue weighted by atomic mass is 9.93. The van der Waals surface area contributed by atoms with E-state index in [9.17, 15) is 5.11 Å². The maximum absolute atomic E-state index is 9.49. The van der Waals surface area contributed by atoms with Crippen LogP contribution in [0.5, 0.6) is 0 Å². The Morgan fingerprint density at radius 1 is 1.15 bits per heavy atom. The number of ether oxygens (including phenoxy) is 2. The molecule has 2 aliphatic heterocycles. The number of likely N-dealkylation sites (tertiary alicyclic amines) is 1. The molecule has 2 aliphatic rings. The third-order valence-electron chi connectivity index (χ3n) is 4.45. The molecule has 5 heteroatoms. The van der Waals surface area contributed by atoms with Gasteiger partial charge in [-0.15, -0.1) is 0 Å². The second-order valence-electron chi connectivity index (χ2n) is 6.18. The molecule has 2 atom stereocenters. The molecule has 2 rings (SSSR count). The fraction of sp³-hybridized carbons (Fsp3) is 1.00. The summed E-state index contributed by atoms with van der Waals surface area (Å²) in [7, 11) is 1.70. The van der Waals surface area contributed by atoms with Crippen LogP contribution in [0.25, 0.3) is 0 Å². The molecule has 0 amide bonds. The van der Waals surface area contributed by atoms with Gasteiger partial charge >= 0.3 is 0 Å². The SMILES string of the molecule is COCCOC1CC(CO)CN(CC2CCNCC2)C1. The number of rotatable bonds is 7. The van der Waals surface area contributed by atoms with Crippen molar-refractivity contribution in [1.29, 1.82) is 0 Å². The Labute approximate surface area is 122 Å². The van der Waals surface area contributed by atoms with Crippen molar-refractivity contribution in [2.45, 2.75) is 25.4 Å². The highest BCUT2D eigenvalue weighted by Gasteiger charge is 2.29. The number of methoxy groups -OCH3 is 1. The summed E-state index contributed by atoms with van der Waals surface area (Å²) >= 11 is 0. The molecule has 2 heterocycles. The summed E-state index contributed by atoms with van der Waals surface area (Å²) in [5.41, 5.74) is 0. The van der Waals surface area contributed by atoms with Gasteiger partial charge in [-0.25, -0.2) is 0 Å². The summed E-state index contributed by atoms with van der Waals surface area (Å²) in [5.74, 6) is 1.16. The normalized spacial score (nSPS) is 29.7. The molecule has 0 spiro atoms. The molecule has 0 radical (unpaired) electrons. The van der Waals surface area contributed by atoms with E-state index in [4.69, 9.17) is 9.47 Å². The first kappa shape index (κ1) is 16.2. The van der Waals surface area contributed by atoms with E-state index in [1.54, 1.807) is 7.11 Å². The van der Waals surface area contributed by atoms with Crippen LogP contribution in [-0.4, -0.2) is 75.8 Å². The lowest BCUT2D eigenvalue weighted by molar-refractivity contribution is -0.0470. The van der Waals surface area contributed by atoms with Crippen molar-refractivity contribution in [3.63, 3.8) is 0 Å². The Bertz CT molecular complexity index is 260. The van der Waals surface area contributed by atoms with Crippen molar-refractivity contribution in [2.24, 2.45) is 11.8 Å². The van der Waals surface area contributed by atoms with E-state index in [2.05, 4.69) is 10.2 Å². The summed E-state index contributed by atoms with van der Waals surface area (Å²) in [6, 6.07) is 0. The van der Waals surface area contributed by atoms with Crippen LogP contribution in [0.15, 0.2) is 0 Å². The highest BCUT2D eigenvalue weighted by Crippen LogP contribution is 2.22. The Morgan fingerprint density at radius 2 is 1.95 bits per heavy atom. The molecular weight excluding hydrogens is 256 g/mol. The van der Waals surface area contributed by atoms with Crippen LogP contribution in [0.1, 0.15) is 19.3 Å². The lowest BCUT2D eigenvalue weighted by Gasteiger charge is -2.39. The molecule has 2 unspecified atom stereocenters. The zero-order chi connectivity index (χ0) is 14.2. The van der Waals surface area contributed by atoms with E-state index in [0.29, 0.717) is 19.1 Å². The minimum absolute atomic E-state index is 0.248. The van der Waals surface area contributed by atoms with Crippen molar-refractivity contribution in [2.75, 3.05) is 59.7 Å². The molecule has 2 saturated heterocycles. The summed E-state index contributed by atoms with van der Waals surface area (Å²) in [4.78, 5) is 2.50. The number of nitrogens with zero attached hydrogens (tertiary/aromatic N) is 1. The maximum Gasteiger partial charge on any atom is 0.0707 e. The Morgan fingerprint density at radius 3 is 2.65 bits per heavy atom. The summed E-state index contributed by atoms with van der Waals surface area (Å²) in [6.07, 6.45) is 3.77. The minimum atomic E-state index is 0.248. The molecule has 5 nitrogen and oxygen atoms in total. The number of aliphatic hydroxyl groups is 1. The van der Waals surface area contributed by atoms with Crippen molar-refractivity contribution in [3.8, 4) is 0 Å². The van der Waals surface area contributed by atoms with Gasteiger partial charge in [-0.2, -0.15) is 0 Å². The van der Waals surface area contributed by atoms with Gasteiger partial charge in [-0.3, -0.25) is 0 Å². The molecule has 0 saturated carbocycles. The quantitative estimate of drug-likeness (QED) is 0.661. The van der Waals surface area contributed by atoms with Crippen LogP contribution in [0.3, 0.4) is 0 Å². The maximum atomic E-state index is 9.49. The van der Waals surface area contributed by atoms with E-state index in [1.807, 2.05) is 0 Å². The first-order chi connectivity index (χ1) is 9.81. The zero-order valence-corrected chi connectivity index (χ0v) is 12.7. The zero-order valence-electron chi connectivity index (χ0n) is 12.7. The standard InChI is InChI=1S/C15H30N2O3/c1-19-6-7-20-15-8-14(12-18)10-17(11-15)9-13-2-4-16-5-3-13/h13-16,18H,2-12H2,1H3. The van der Waals surface area contributed by atoms with Crippen molar-refractivity contribution < 1.29 is 14.6 Å². The van der Waals surface area contributed by atoms with E-state index in [0.717, 1.165) is 45.1 Å². The van der Waals surface area contributed by atoms with Gasteiger partial charge in [-0.05, 0) is 44.2 Å². The number of hydrogen-bond acceptors (Lipinski definition) is 5. The predicted molar refractivity (Wildman–Crippen MR) is 78.8 cm³/mol. The van der Waals surface area contributed by atoms with Gasteiger partial charge in [-0.1, -0.05) is 0 Å². The van der Waals surface area contributed by atoms with Gasteiger partial charge in [0.25, 0.3) is 0 Å². The van der Waals surface area contributed by atoms with Crippen LogP contribution in [0, 0.1) is 11.8 Å². The minimum Gasteiger partial charge on any atom is -0.396 e. The van der Waals surface area contributed by atoms with E-state index < -0.39 is 0 Å². The average molecular weight is 286 g/mol. The highest BCUT2D eigenvalue weighted by atomic mass is 16.5. The van der Waals surface area contributed by atoms with Gasteiger partial charge in [0.1, 0.15) is 0 Å². The third kappa shape index (κ3) is 5.30. The molecule has 118 valence electrons. The number of aliphatic hydroxyl groups excluding tert-OH is 1. The smallest absolute Gasteiger partial charge is 0.0707 e. The molecule has 0 aliphatic carbocycles. The number of hydrogen-bond donors (Lipinski definition) is 2. The summed E-state index contributed by atoms with van der Waals surface area (Å²) < 4.78 is 10.9. The van der Waals surface area contributed by atoms with Crippen LogP contribution in [0.2, 0.25) is 0 Å². The van der Waals surface area contributed by atoms with Gasteiger partial charge in [0.05, 0.1) is 19.3 Å². The molecule has 2 N–H and O–H groups in total. The Balaban J connectivity index is 1.77. The Hall–Kier alpha value is -0.200. The third-order valence-corrected chi connectivity index (χ3v) is 4.45. The van der Waals surface area contributed by atoms with Crippen LogP contribution in [-0.2, 0) is 9.47 Å². The van der Waals surface area contributed by atoms with Crippen molar-refractivity contribution in [1.82, 2.24) is 10.2 Å². The van der Waals surface area contributed by atoms with E-state index in [1.165, 1.54) is 12.8 Å². The monoisotopic (exact) mass is 286 g/mol. The van der Waals surface area contributed by atoms with Crippen molar-refractivity contribution in [3.05, 3.63) is 0 Å². The van der Waals surface area contributed by atoms with Gasteiger partial charge < -0.3 is 24.8 Å². The topological polar surface area (TPSA) is 54.0 Å². The molecule has 0 aromatic heterocycles. The van der Waals surface area contributed by atoms with E-state index >= 15 is 0 Å². The first-order valence-electron chi connectivity index (χ1n) is 7.96. The molecule has 0 aromatic rings. The fourth-order valence-electron chi connectivity index (χ4n) is 3.38. The predicted octanol–water partition coefficient (Wildman–Crippen LogP) is 0.332. The van der Waals surface area contributed by atoms with E-state index in [-0.39, 0.29) is 12.7 Å². The molecule has 20 heavy (non-hydrogen) atoms. The Kier molecular flexibility index (Phi) is 7.24. The first-order valence-corrected chi connectivity index (χ1v) is 7.96.